The number of rotatable bonds is 9. The first-order chi connectivity index (χ1) is 12.5. The topological polar surface area (TPSA) is 67.4 Å². The van der Waals surface area contributed by atoms with Gasteiger partial charge in [-0.1, -0.05) is 29.3 Å². The smallest absolute Gasteiger partial charge is 0.251 e. The van der Waals surface area contributed by atoms with E-state index in [1.165, 1.54) is 0 Å². The molecule has 2 aromatic rings. The fourth-order valence-electron chi connectivity index (χ4n) is 2.21. The molecule has 2 rings (SSSR count). The van der Waals surface area contributed by atoms with Crippen LogP contribution in [0.4, 0.5) is 0 Å². The molecule has 0 saturated carbocycles. The average Bonchev–Trinajstić information content (AvgIpc) is 2.64. The third-order valence-corrected chi connectivity index (χ3v) is 3.95. The van der Waals surface area contributed by atoms with Gasteiger partial charge in [-0.15, -0.1) is 0 Å². The molecule has 0 saturated heterocycles. The minimum absolute atomic E-state index is 0.0337. The highest BCUT2D eigenvalue weighted by Crippen LogP contribution is 2.15. The van der Waals surface area contributed by atoms with Crippen LogP contribution in [0.15, 0.2) is 48.5 Å². The van der Waals surface area contributed by atoms with Crippen molar-refractivity contribution < 1.29 is 14.3 Å². The van der Waals surface area contributed by atoms with Crippen LogP contribution in [-0.4, -0.2) is 31.5 Å². The lowest BCUT2D eigenvalue weighted by atomic mass is 10.1. The average molecular weight is 375 g/mol. The molecule has 0 aliphatic heterocycles. The van der Waals surface area contributed by atoms with Crippen LogP contribution in [0, 0.1) is 6.92 Å². The molecule has 0 radical (unpaired) electrons. The van der Waals surface area contributed by atoms with E-state index in [1.807, 2.05) is 31.2 Å². The molecule has 5 nitrogen and oxygen atoms in total. The van der Waals surface area contributed by atoms with Crippen LogP contribution >= 0.6 is 11.6 Å². The molecule has 6 heteroatoms. The highest BCUT2D eigenvalue weighted by molar-refractivity contribution is 6.30. The van der Waals surface area contributed by atoms with Crippen LogP contribution < -0.4 is 15.4 Å². The summed E-state index contributed by atoms with van der Waals surface area (Å²) in [4.78, 5) is 23.7. The summed E-state index contributed by atoms with van der Waals surface area (Å²) in [7, 11) is 0. The fraction of sp³-hybridized carbons (Fsp3) is 0.300. The maximum Gasteiger partial charge on any atom is 0.251 e. The Bertz CT molecular complexity index is 715. The van der Waals surface area contributed by atoms with Gasteiger partial charge in [0.15, 0.2) is 0 Å². The first-order valence-corrected chi connectivity index (χ1v) is 8.92. The molecule has 138 valence electrons. The Morgan fingerprint density at radius 1 is 0.962 bits per heavy atom. The van der Waals surface area contributed by atoms with Gasteiger partial charge in [0.2, 0.25) is 5.91 Å². The first-order valence-electron chi connectivity index (χ1n) is 8.54. The number of hydrogen-bond acceptors (Lipinski definition) is 3. The van der Waals surface area contributed by atoms with Crippen molar-refractivity contribution in [3.63, 3.8) is 0 Å². The van der Waals surface area contributed by atoms with Crippen LogP contribution in [0.2, 0.25) is 5.02 Å². The number of halogens is 1. The second-order valence-corrected chi connectivity index (χ2v) is 6.34. The Balaban J connectivity index is 1.54. The van der Waals surface area contributed by atoms with E-state index in [-0.39, 0.29) is 18.4 Å². The molecule has 0 spiro atoms. The number of ether oxygens (including phenoxy) is 1. The summed E-state index contributed by atoms with van der Waals surface area (Å²) in [6.07, 6.45) is 1.61. The number of hydrogen-bond donors (Lipinski definition) is 2. The lowest BCUT2D eigenvalue weighted by molar-refractivity contribution is -0.120. The van der Waals surface area contributed by atoms with Gasteiger partial charge in [0, 0.05) is 17.1 Å². The summed E-state index contributed by atoms with van der Waals surface area (Å²) in [5.41, 5.74) is 1.63. The van der Waals surface area contributed by atoms with E-state index in [0.29, 0.717) is 23.7 Å². The van der Waals surface area contributed by atoms with Crippen LogP contribution in [0.25, 0.3) is 0 Å². The van der Waals surface area contributed by atoms with E-state index in [2.05, 4.69) is 10.6 Å². The summed E-state index contributed by atoms with van der Waals surface area (Å²) in [5.74, 6) is 0.317. The molecule has 0 fully saturated rings. The van der Waals surface area contributed by atoms with Crippen LogP contribution in [-0.2, 0) is 4.79 Å². The van der Waals surface area contributed by atoms with Crippen molar-refractivity contribution in [3.05, 3.63) is 64.7 Å². The maximum absolute atomic E-state index is 11.9. The third-order valence-electron chi connectivity index (χ3n) is 3.70. The molecule has 0 heterocycles. The van der Waals surface area contributed by atoms with Gasteiger partial charge in [0.1, 0.15) is 5.75 Å². The van der Waals surface area contributed by atoms with Crippen molar-refractivity contribution in [2.45, 2.75) is 19.8 Å². The zero-order valence-corrected chi connectivity index (χ0v) is 15.5. The van der Waals surface area contributed by atoms with Gasteiger partial charge in [0.05, 0.1) is 13.2 Å². The second-order valence-electron chi connectivity index (χ2n) is 5.91. The van der Waals surface area contributed by atoms with Gasteiger partial charge in [-0.2, -0.15) is 0 Å². The Kier molecular flexibility index (Phi) is 7.96. The van der Waals surface area contributed by atoms with Crippen molar-refractivity contribution in [1.29, 1.82) is 0 Å². The first kappa shape index (κ1) is 19.8. The maximum atomic E-state index is 11.9. The number of carbonyl (C=O) groups excluding carboxylic acids is 2. The minimum atomic E-state index is -0.253. The van der Waals surface area contributed by atoms with Crippen molar-refractivity contribution in [2.24, 2.45) is 0 Å². The van der Waals surface area contributed by atoms with E-state index >= 15 is 0 Å². The van der Waals surface area contributed by atoms with Crippen molar-refractivity contribution in [1.82, 2.24) is 10.6 Å². The monoisotopic (exact) mass is 374 g/mol. The van der Waals surface area contributed by atoms with Crippen LogP contribution in [0.1, 0.15) is 28.8 Å². The second kappa shape index (κ2) is 10.5. The molecule has 2 N–H and O–H groups in total. The van der Waals surface area contributed by atoms with Crippen LogP contribution in [0.5, 0.6) is 5.75 Å². The van der Waals surface area contributed by atoms with E-state index in [0.717, 1.165) is 24.2 Å². The summed E-state index contributed by atoms with van der Waals surface area (Å²) >= 11 is 5.81. The molecule has 2 amide bonds. The number of amides is 2. The quantitative estimate of drug-likeness (QED) is 0.661. The normalized spacial score (nSPS) is 10.2. The molecule has 0 aliphatic carbocycles. The Labute approximate surface area is 158 Å². The Morgan fingerprint density at radius 2 is 1.65 bits per heavy atom. The molecule has 2 aromatic carbocycles. The molecule has 0 aromatic heterocycles. The van der Waals surface area contributed by atoms with Gasteiger partial charge in [-0.25, -0.2) is 0 Å². The summed E-state index contributed by atoms with van der Waals surface area (Å²) in [6.45, 7) is 3.04. The molecule has 0 atom stereocenters. The lowest BCUT2D eigenvalue weighted by Crippen LogP contribution is -2.37. The zero-order valence-electron chi connectivity index (χ0n) is 14.8. The predicted molar refractivity (Wildman–Crippen MR) is 103 cm³/mol. The SMILES string of the molecule is Cc1ccc(C(=O)NCC(=O)NCCCCOc2ccc(Cl)cc2)cc1. The van der Waals surface area contributed by atoms with E-state index < -0.39 is 0 Å². The molecular weight excluding hydrogens is 352 g/mol. The number of unbranched alkanes of at least 4 members (excludes halogenated alkanes) is 1. The largest absolute Gasteiger partial charge is 0.494 e. The number of carbonyl (C=O) groups is 2. The van der Waals surface area contributed by atoms with E-state index in [1.54, 1.807) is 24.3 Å². The van der Waals surface area contributed by atoms with E-state index in [4.69, 9.17) is 16.3 Å². The molecule has 0 unspecified atom stereocenters. The van der Waals surface area contributed by atoms with Gasteiger partial charge in [-0.05, 0) is 56.2 Å². The van der Waals surface area contributed by atoms with Gasteiger partial charge in [0.25, 0.3) is 5.91 Å². The summed E-state index contributed by atoms with van der Waals surface area (Å²) in [5, 5.41) is 6.06. The standard InChI is InChI=1S/C20H23ClN2O3/c1-15-4-6-16(7-5-15)20(25)23-14-19(24)22-12-2-3-13-26-18-10-8-17(21)9-11-18/h4-11H,2-3,12-14H2,1H3,(H,22,24)(H,23,25). The van der Waals surface area contributed by atoms with Gasteiger partial charge in [-0.3, -0.25) is 9.59 Å². The zero-order chi connectivity index (χ0) is 18.8. The third kappa shape index (κ3) is 7.15. The number of aryl methyl sites for hydroxylation is 1. The highest BCUT2D eigenvalue weighted by atomic mass is 35.5. The molecule has 0 bridgehead atoms. The van der Waals surface area contributed by atoms with Crippen LogP contribution in [0.3, 0.4) is 0 Å². The summed E-state index contributed by atoms with van der Waals surface area (Å²) < 4.78 is 5.58. The number of benzene rings is 2. The Morgan fingerprint density at radius 3 is 2.35 bits per heavy atom. The predicted octanol–water partition coefficient (Wildman–Crippen LogP) is 3.35. The number of nitrogens with one attached hydrogen (secondary N) is 2. The van der Waals surface area contributed by atoms with Gasteiger partial charge >= 0.3 is 0 Å². The van der Waals surface area contributed by atoms with Crippen molar-refractivity contribution in [3.8, 4) is 5.75 Å². The molecular formula is C20H23ClN2O3. The van der Waals surface area contributed by atoms with Gasteiger partial charge < -0.3 is 15.4 Å². The highest BCUT2D eigenvalue weighted by Gasteiger charge is 2.07. The fourth-order valence-corrected chi connectivity index (χ4v) is 2.33. The Hall–Kier alpha value is -2.53. The molecule has 26 heavy (non-hydrogen) atoms. The lowest BCUT2D eigenvalue weighted by Gasteiger charge is -2.08. The minimum Gasteiger partial charge on any atom is -0.494 e. The van der Waals surface area contributed by atoms with E-state index in [9.17, 15) is 9.59 Å². The van der Waals surface area contributed by atoms with Crippen molar-refractivity contribution >= 4 is 23.4 Å². The van der Waals surface area contributed by atoms with Crippen molar-refractivity contribution in [2.75, 3.05) is 19.7 Å². The molecule has 0 aliphatic rings. The summed E-state index contributed by atoms with van der Waals surface area (Å²) in [6, 6.07) is 14.4.